The normalized spacial score (nSPS) is 19.7. The van der Waals surface area contributed by atoms with Crippen molar-refractivity contribution in [3.63, 3.8) is 0 Å². The fraction of sp³-hybridized carbons (Fsp3) is 0.278. The number of anilines is 2. The molecule has 2 aliphatic rings. The third-order valence-corrected chi connectivity index (χ3v) is 3.98. The fourth-order valence-corrected chi connectivity index (χ4v) is 2.63. The largest absolute Gasteiger partial charge is 0.384 e. The highest BCUT2D eigenvalue weighted by atomic mass is 15.1. The zero-order valence-electron chi connectivity index (χ0n) is 13.1. The minimum Gasteiger partial charge on any atom is -0.384 e. The van der Waals surface area contributed by atoms with Gasteiger partial charge in [0.05, 0.1) is 5.71 Å². The summed E-state index contributed by atoms with van der Waals surface area (Å²) in [7, 11) is 4.09. The van der Waals surface area contributed by atoms with Gasteiger partial charge in [0.25, 0.3) is 0 Å². The summed E-state index contributed by atoms with van der Waals surface area (Å²) in [5.74, 6) is 1.01. The van der Waals surface area contributed by atoms with Crippen LogP contribution in [0.5, 0.6) is 0 Å². The van der Waals surface area contributed by atoms with Crippen LogP contribution in [-0.2, 0) is 0 Å². The summed E-state index contributed by atoms with van der Waals surface area (Å²) in [6, 6.07) is 8.43. The zero-order valence-corrected chi connectivity index (χ0v) is 13.1. The Morgan fingerprint density at radius 1 is 1.27 bits per heavy atom. The summed E-state index contributed by atoms with van der Waals surface area (Å²) < 4.78 is 0. The molecule has 4 heteroatoms. The van der Waals surface area contributed by atoms with Crippen molar-refractivity contribution in [1.29, 1.82) is 0 Å². The Bertz CT molecular complexity index is 663. The molecule has 1 atom stereocenters. The lowest BCUT2D eigenvalue weighted by Gasteiger charge is -2.21. The molecule has 1 unspecified atom stereocenters. The third-order valence-electron chi connectivity index (χ3n) is 3.98. The van der Waals surface area contributed by atoms with E-state index in [0.29, 0.717) is 11.7 Å². The van der Waals surface area contributed by atoms with Gasteiger partial charge in [-0.05, 0) is 48.4 Å². The summed E-state index contributed by atoms with van der Waals surface area (Å²) in [5, 5.41) is 3.45. The second-order valence-corrected chi connectivity index (χ2v) is 5.88. The minimum atomic E-state index is 0.385. The molecule has 0 spiro atoms. The SMILES string of the molecule is CN(C)c1ccc(NCC2=CC3=NC(N)=CCC3C=C2)cc1. The average molecular weight is 294 g/mol. The van der Waals surface area contributed by atoms with Crippen LogP contribution in [-0.4, -0.2) is 26.4 Å². The minimum absolute atomic E-state index is 0.385. The highest BCUT2D eigenvalue weighted by molar-refractivity contribution is 6.01. The number of benzene rings is 1. The molecule has 22 heavy (non-hydrogen) atoms. The van der Waals surface area contributed by atoms with E-state index in [4.69, 9.17) is 5.73 Å². The predicted octanol–water partition coefficient (Wildman–Crippen LogP) is 2.92. The smallest absolute Gasteiger partial charge is 0.119 e. The van der Waals surface area contributed by atoms with Gasteiger partial charge in [-0.2, -0.15) is 0 Å². The van der Waals surface area contributed by atoms with Crippen LogP contribution in [0.25, 0.3) is 0 Å². The van der Waals surface area contributed by atoms with E-state index in [2.05, 4.69) is 57.7 Å². The van der Waals surface area contributed by atoms with Crippen molar-refractivity contribution >= 4 is 17.1 Å². The molecule has 3 rings (SSSR count). The maximum atomic E-state index is 5.79. The molecular weight excluding hydrogens is 272 g/mol. The average Bonchev–Trinajstić information content (AvgIpc) is 2.53. The van der Waals surface area contributed by atoms with E-state index >= 15 is 0 Å². The van der Waals surface area contributed by atoms with Crippen LogP contribution < -0.4 is 16.0 Å². The number of fused-ring (bicyclic) bond motifs is 1. The molecule has 1 aliphatic heterocycles. The van der Waals surface area contributed by atoms with Crippen molar-refractivity contribution in [3.05, 3.63) is 60.0 Å². The molecular formula is C18H22N4. The van der Waals surface area contributed by atoms with E-state index in [9.17, 15) is 0 Å². The summed E-state index contributed by atoms with van der Waals surface area (Å²) in [5.41, 5.74) is 10.4. The van der Waals surface area contributed by atoms with Gasteiger partial charge >= 0.3 is 0 Å². The van der Waals surface area contributed by atoms with E-state index in [1.807, 2.05) is 20.2 Å². The van der Waals surface area contributed by atoms with Crippen LogP contribution in [0.2, 0.25) is 0 Å². The Morgan fingerprint density at radius 3 is 2.77 bits per heavy atom. The first-order valence-corrected chi connectivity index (χ1v) is 7.56. The molecule has 114 valence electrons. The van der Waals surface area contributed by atoms with Crippen molar-refractivity contribution in [1.82, 2.24) is 0 Å². The Balaban J connectivity index is 1.64. The van der Waals surface area contributed by atoms with E-state index in [1.54, 1.807) is 0 Å². The summed E-state index contributed by atoms with van der Waals surface area (Å²) >= 11 is 0. The Morgan fingerprint density at radius 2 is 2.05 bits per heavy atom. The fourth-order valence-electron chi connectivity index (χ4n) is 2.63. The number of hydrogen-bond acceptors (Lipinski definition) is 4. The van der Waals surface area contributed by atoms with Crippen molar-refractivity contribution in [3.8, 4) is 0 Å². The van der Waals surface area contributed by atoms with Crippen LogP contribution in [0.15, 0.2) is 65.0 Å². The number of hydrogen-bond donors (Lipinski definition) is 2. The lowest BCUT2D eigenvalue weighted by atomic mass is 9.90. The van der Waals surface area contributed by atoms with E-state index in [0.717, 1.165) is 24.4 Å². The van der Waals surface area contributed by atoms with Crippen molar-refractivity contribution < 1.29 is 0 Å². The molecule has 0 amide bonds. The quantitative estimate of drug-likeness (QED) is 0.897. The van der Waals surface area contributed by atoms with Gasteiger partial charge in [0.15, 0.2) is 0 Å². The molecule has 1 aromatic carbocycles. The number of nitrogens with two attached hydrogens (primary N) is 1. The van der Waals surface area contributed by atoms with Crippen LogP contribution in [0.1, 0.15) is 6.42 Å². The van der Waals surface area contributed by atoms with Gasteiger partial charge in [-0.15, -0.1) is 0 Å². The molecule has 0 bridgehead atoms. The third kappa shape index (κ3) is 3.22. The first kappa shape index (κ1) is 14.4. The van der Waals surface area contributed by atoms with Gasteiger partial charge in [-0.25, -0.2) is 4.99 Å². The summed E-state index contributed by atoms with van der Waals surface area (Å²) in [6.07, 6.45) is 9.48. The van der Waals surface area contributed by atoms with Crippen LogP contribution >= 0.6 is 0 Å². The molecule has 0 saturated carbocycles. The van der Waals surface area contributed by atoms with Crippen LogP contribution in [0.3, 0.4) is 0 Å². The predicted molar refractivity (Wildman–Crippen MR) is 94.3 cm³/mol. The lowest BCUT2D eigenvalue weighted by molar-refractivity contribution is 0.838. The van der Waals surface area contributed by atoms with Crippen molar-refractivity contribution in [2.45, 2.75) is 6.42 Å². The number of nitrogens with one attached hydrogen (secondary N) is 1. The molecule has 0 radical (unpaired) electrons. The Hall–Kier alpha value is -2.49. The highest BCUT2D eigenvalue weighted by Crippen LogP contribution is 2.23. The first-order valence-electron chi connectivity index (χ1n) is 7.56. The first-order chi connectivity index (χ1) is 10.6. The number of allylic oxidation sites excluding steroid dienone is 3. The highest BCUT2D eigenvalue weighted by Gasteiger charge is 2.18. The van der Waals surface area contributed by atoms with E-state index in [1.165, 1.54) is 11.3 Å². The molecule has 3 N–H and O–H groups in total. The van der Waals surface area contributed by atoms with Gasteiger partial charge in [0, 0.05) is 37.9 Å². The Kier molecular flexibility index (Phi) is 4.00. The van der Waals surface area contributed by atoms with Crippen molar-refractivity contribution in [2.24, 2.45) is 16.6 Å². The molecule has 0 saturated heterocycles. The molecule has 0 aromatic heterocycles. The number of rotatable bonds is 4. The van der Waals surface area contributed by atoms with Gasteiger partial charge in [0.1, 0.15) is 5.82 Å². The second kappa shape index (κ2) is 6.10. The van der Waals surface area contributed by atoms with Gasteiger partial charge < -0.3 is 16.0 Å². The summed E-state index contributed by atoms with van der Waals surface area (Å²) in [6.45, 7) is 0.785. The molecule has 0 fully saturated rings. The monoisotopic (exact) mass is 294 g/mol. The lowest BCUT2D eigenvalue weighted by Crippen LogP contribution is -2.20. The van der Waals surface area contributed by atoms with Crippen molar-refractivity contribution in [2.75, 3.05) is 30.9 Å². The maximum Gasteiger partial charge on any atom is 0.119 e. The molecule has 4 nitrogen and oxygen atoms in total. The second-order valence-electron chi connectivity index (χ2n) is 5.88. The number of nitrogens with zero attached hydrogens (tertiary/aromatic N) is 2. The standard InChI is InChI=1S/C18H22N4/c1-22(2)16-8-6-15(7-9-16)20-12-13-3-4-14-5-10-18(19)21-17(14)11-13/h3-4,6-11,14,20H,5,12,19H2,1-2H3. The summed E-state index contributed by atoms with van der Waals surface area (Å²) in [4.78, 5) is 6.53. The van der Waals surface area contributed by atoms with E-state index in [-0.39, 0.29) is 0 Å². The molecule has 1 heterocycles. The molecule has 1 aromatic rings. The molecule has 1 aliphatic carbocycles. The van der Waals surface area contributed by atoms with Crippen LogP contribution in [0.4, 0.5) is 11.4 Å². The number of aliphatic imine (C=N–C) groups is 1. The Labute approximate surface area is 131 Å². The van der Waals surface area contributed by atoms with Gasteiger partial charge in [0.2, 0.25) is 0 Å². The topological polar surface area (TPSA) is 53.6 Å². The van der Waals surface area contributed by atoms with Gasteiger partial charge in [-0.1, -0.05) is 12.2 Å². The maximum absolute atomic E-state index is 5.79. The van der Waals surface area contributed by atoms with E-state index < -0.39 is 0 Å². The zero-order chi connectivity index (χ0) is 15.5. The van der Waals surface area contributed by atoms with Gasteiger partial charge in [-0.3, -0.25) is 0 Å². The van der Waals surface area contributed by atoms with Crippen LogP contribution in [0, 0.1) is 5.92 Å².